The minimum absolute atomic E-state index is 0.00930. The lowest BCUT2D eigenvalue weighted by Crippen LogP contribution is -2.54. The molecule has 1 aromatic rings. The van der Waals surface area contributed by atoms with Gasteiger partial charge in [0.1, 0.15) is 11.9 Å². The summed E-state index contributed by atoms with van der Waals surface area (Å²) in [6.07, 6.45) is 12.7. The molecule has 0 saturated heterocycles. The number of aliphatic imine (C=N–C) groups is 1. The van der Waals surface area contributed by atoms with E-state index in [2.05, 4.69) is 31.0 Å². The molecule has 1 aliphatic heterocycles. The van der Waals surface area contributed by atoms with Crippen LogP contribution in [0.2, 0.25) is 0 Å². The highest BCUT2D eigenvalue weighted by molar-refractivity contribution is 5.92. The number of allylic oxidation sites excluding steroid dienone is 2. The number of carbonyl (C=O) groups excluding carboxylic acids is 1. The number of rotatable bonds is 3. The molecule has 3 aliphatic carbocycles. The Kier molecular flexibility index (Phi) is 4.98. The molecule has 0 bridgehead atoms. The summed E-state index contributed by atoms with van der Waals surface area (Å²) in [7, 11) is 1.70. The van der Waals surface area contributed by atoms with E-state index in [1.807, 2.05) is 6.20 Å². The lowest BCUT2D eigenvalue weighted by atomic mass is 9.49. The fraction of sp³-hybridized carbons (Fsp3) is 0.654. The molecule has 4 aliphatic rings. The number of esters is 1. The highest BCUT2D eigenvalue weighted by atomic mass is 16.5. The number of carbonyl (C=O) groups is 1. The molecule has 0 N–H and O–H groups in total. The van der Waals surface area contributed by atoms with E-state index in [1.165, 1.54) is 36.6 Å². The number of ether oxygens (including phenoxy) is 2. The van der Waals surface area contributed by atoms with Crippen molar-refractivity contribution < 1.29 is 14.3 Å². The van der Waals surface area contributed by atoms with Gasteiger partial charge in [0.05, 0.1) is 13.3 Å². The minimum atomic E-state index is -0.173. The van der Waals surface area contributed by atoms with Crippen molar-refractivity contribution in [1.82, 2.24) is 4.98 Å². The van der Waals surface area contributed by atoms with Gasteiger partial charge in [0.2, 0.25) is 0 Å². The third-order valence-corrected chi connectivity index (χ3v) is 8.99. The SMILES string of the molecule is COc1cncc(C2=CCC3C4CN=C5CC(OC(C)=O)CCC5(C)C4CCC23C)c1. The monoisotopic (exact) mass is 422 g/mol. The Bertz CT molecular complexity index is 954. The molecule has 5 rings (SSSR count). The van der Waals surface area contributed by atoms with E-state index in [9.17, 15) is 4.79 Å². The molecule has 0 radical (unpaired) electrons. The maximum Gasteiger partial charge on any atom is 0.302 e. The number of hydrogen-bond acceptors (Lipinski definition) is 5. The standard InChI is InChI=1S/C26H34N2O3/c1-16(29)31-18-7-9-26(3)23-8-10-25(2)21(17-11-19(30-4)14-27-13-17)5-6-22(25)20(23)15-28-24(26)12-18/h5,11,13-14,18,20,22-23H,6-10,12,15H2,1-4H3. The second-order valence-corrected chi connectivity index (χ2v) is 10.5. The molecule has 5 nitrogen and oxygen atoms in total. The van der Waals surface area contributed by atoms with Crippen LogP contribution in [-0.4, -0.2) is 36.4 Å². The lowest BCUT2D eigenvalue weighted by Gasteiger charge is -2.57. The first kappa shape index (κ1) is 20.7. The van der Waals surface area contributed by atoms with Crippen molar-refractivity contribution in [2.75, 3.05) is 13.7 Å². The fourth-order valence-electron chi connectivity index (χ4n) is 7.38. The van der Waals surface area contributed by atoms with Crippen LogP contribution in [0.1, 0.15) is 64.9 Å². The summed E-state index contributed by atoms with van der Waals surface area (Å²) in [6.45, 7) is 7.33. The molecule has 31 heavy (non-hydrogen) atoms. The van der Waals surface area contributed by atoms with Crippen LogP contribution in [0.25, 0.3) is 5.57 Å². The van der Waals surface area contributed by atoms with Crippen molar-refractivity contribution >= 4 is 17.3 Å². The van der Waals surface area contributed by atoms with Gasteiger partial charge in [-0.25, -0.2) is 0 Å². The maximum atomic E-state index is 11.4. The van der Waals surface area contributed by atoms with E-state index in [-0.39, 0.29) is 22.9 Å². The van der Waals surface area contributed by atoms with Crippen molar-refractivity contribution in [2.24, 2.45) is 33.6 Å². The molecule has 0 amide bonds. The molecular formula is C26H34N2O3. The van der Waals surface area contributed by atoms with Gasteiger partial charge in [-0.05, 0) is 72.5 Å². The molecule has 0 aromatic carbocycles. The quantitative estimate of drug-likeness (QED) is 0.636. The van der Waals surface area contributed by atoms with Gasteiger partial charge in [-0.15, -0.1) is 0 Å². The largest absolute Gasteiger partial charge is 0.495 e. The van der Waals surface area contributed by atoms with Gasteiger partial charge >= 0.3 is 5.97 Å². The van der Waals surface area contributed by atoms with Crippen LogP contribution in [0.15, 0.2) is 29.5 Å². The predicted octanol–water partition coefficient (Wildman–Crippen LogP) is 5.10. The average molecular weight is 423 g/mol. The van der Waals surface area contributed by atoms with E-state index < -0.39 is 0 Å². The summed E-state index contributed by atoms with van der Waals surface area (Å²) in [5.41, 5.74) is 4.28. The molecule has 6 unspecified atom stereocenters. The molecule has 6 atom stereocenters. The van der Waals surface area contributed by atoms with Crippen LogP contribution in [0, 0.1) is 28.6 Å². The Labute approximate surface area is 185 Å². The Morgan fingerprint density at radius 3 is 2.71 bits per heavy atom. The Morgan fingerprint density at radius 2 is 1.94 bits per heavy atom. The fourth-order valence-corrected chi connectivity index (χ4v) is 7.38. The Morgan fingerprint density at radius 1 is 1.13 bits per heavy atom. The highest BCUT2D eigenvalue weighted by Gasteiger charge is 2.57. The third-order valence-electron chi connectivity index (χ3n) is 8.99. The predicted molar refractivity (Wildman–Crippen MR) is 121 cm³/mol. The summed E-state index contributed by atoms with van der Waals surface area (Å²) in [5, 5.41) is 0. The second-order valence-electron chi connectivity index (χ2n) is 10.5. The lowest BCUT2D eigenvalue weighted by molar-refractivity contribution is -0.147. The van der Waals surface area contributed by atoms with Crippen molar-refractivity contribution in [3.63, 3.8) is 0 Å². The van der Waals surface area contributed by atoms with Gasteiger partial charge in [0.25, 0.3) is 0 Å². The van der Waals surface area contributed by atoms with Gasteiger partial charge in [0.15, 0.2) is 0 Å². The van der Waals surface area contributed by atoms with Crippen molar-refractivity contribution in [2.45, 2.75) is 65.4 Å². The topological polar surface area (TPSA) is 60.8 Å². The average Bonchev–Trinajstić information content (AvgIpc) is 3.11. The van der Waals surface area contributed by atoms with E-state index in [1.54, 1.807) is 13.3 Å². The van der Waals surface area contributed by atoms with Crippen LogP contribution >= 0.6 is 0 Å². The zero-order valence-corrected chi connectivity index (χ0v) is 19.2. The normalized spacial score (nSPS) is 38.8. The minimum Gasteiger partial charge on any atom is -0.495 e. The number of methoxy groups -OCH3 is 1. The molecule has 166 valence electrons. The van der Waals surface area contributed by atoms with Gasteiger partial charge in [-0.2, -0.15) is 0 Å². The zero-order chi connectivity index (χ0) is 21.8. The zero-order valence-electron chi connectivity index (χ0n) is 19.2. The van der Waals surface area contributed by atoms with Crippen molar-refractivity contribution in [3.8, 4) is 5.75 Å². The molecule has 0 spiro atoms. The highest BCUT2D eigenvalue weighted by Crippen LogP contribution is 2.64. The number of nitrogens with zero attached hydrogens (tertiary/aromatic N) is 2. The smallest absolute Gasteiger partial charge is 0.302 e. The maximum absolute atomic E-state index is 11.4. The van der Waals surface area contributed by atoms with Crippen LogP contribution in [0.3, 0.4) is 0 Å². The van der Waals surface area contributed by atoms with Crippen LogP contribution in [0.5, 0.6) is 5.75 Å². The molecule has 2 fully saturated rings. The second kappa shape index (κ2) is 7.46. The molecule has 2 heterocycles. The molecule has 1 aromatic heterocycles. The Balaban J connectivity index is 1.40. The number of fused-ring (bicyclic) bond motifs is 5. The number of aromatic nitrogens is 1. The van der Waals surface area contributed by atoms with Gasteiger partial charge in [0, 0.05) is 37.2 Å². The number of hydrogen-bond donors (Lipinski definition) is 0. The van der Waals surface area contributed by atoms with E-state index in [4.69, 9.17) is 14.5 Å². The first-order valence-electron chi connectivity index (χ1n) is 11.8. The first-order chi connectivity index (χ1) is 14.8. The molecular weight excluding hydrogens is 388 g/mol. The van der Waals surface area contributed by atoms with Crippen LogP contribution < -0.4 is 4.74 Å². The Hall–Kier alpha value is -2.17. The van der Waals surface area contributed by atoms with E-state index >= 15 is 0 Å². The molecule has 2 saturated carbocycles. The summed E-state index contributed by atoms with van der Waals surface area (Å²) in [5.74, 6) is 2.56. The summed E-state index contributed by atoms with van der Waals surface area (Å²) in [6, 6.07) is 2.13. The van der Waals surface area contributed by atoms with Gasteiger partial charge < -0.3 is 9.47 Å². The summed E-state index contributed by atoms with van der Waals surface area (Å²) in [4.78, 5) is 21.0. The molecule has 5 heteroatoms. The van der Waals surface area contributed by atoms with Crippen molar-refractivity contribution in [1.29, 1.82) is 0 Å². The van der Waals surface area contributed by atoms with Gasteiger partial charge in [-0.1, -0.05) is 19.9 Å². The van der Waals surface area contributed by atoms with Gasteiger partial charge in [-0.3, -0.25) is 14.8 Å². The van der Waals surface area contributed by atoms with E-state index in [0.717, 1.165) is 38.0 Å². The third kappa shape index (κ3) is 3.23. The number of pyridine rings is 1. The summed E-state index contributed by atoms with van der Waals surface area (Å²) >= 11 is 0. The first-order valence-corrected chi connectivity index (χ1v) is 11.8. The van der Waals surface area contributed by atoms with E-state index in [0.29, 0.717) is 17.8 Å². The van der Waals surface area contributed by atoms with Crippen LogP contribution in [-0.2, 0) is 9.53 Å². The van der Waals surface area contributed by atoms with Crippen LogP contribution in [0.4, 0.5) is 0 Å². The summed E-state index contributed by atoms with van der Waals surface area (Å²) < 4.78 is 11.0. The van der Waals surface area contributed by atoms with Crippen molar-refractivity contribution in [3.05, 3.63) is 30.1 Å².